The molecule has 2 N–H and O–H groups in total. The summed E-state index contributed by atoms with van der Waals surface area (Å²) in [4.78, 5) is 17.7. The van der Waals surface area contributed by atoms with Crippen LogP contribution < -0.4 is 0 Å². The zero-order valence-electron chi connectivity index (χ0n) is 14.3. The largest absolute Gasteiger partial charge is 0.483 e. The van der Waals surface area contributed by atoms with Crippen LogP contribution in [0.3, 0.4) is 0 Å². The lowest BCUT2D eigenvalue weighted by Crippen LogP contribution is -2.02. The molecule has 0 radical (unpaired) electrons. The SMILES string of the molecule is CCCCCCCOP(=O)(OCCCCCCC)OP(=O)(O)O. The number of rotatable bonds is 16. The van der Waals surface area contributed by atoms with Crippen LogP contribution in [0.5, 0.6) is 0 Å². The van der Waals surface area contributed by atoms with Crippen LogP contribution in [0, 0.1) is 0 Å². The van der Waals surface area contributed by atoms with Gasteiger partial charge in [-0.05, 0) is 12.8 Å². The molecular formula is C14H32O7P2. The first-order valence-electron chi connectivity index (χ1n) is 8.49. The van der Waals surface area contributed by atoms with Crippen molar-refractivity contribution in [3.05, 3.63) is 0 Å². The van der Waals surface area contributed by atoms with Gasteiger partial charge in [0.2, 0.25) is 0 Å². The van der Waals surface area contributed by atoms with E-state index in [4.69, 9.17) is 18.8 Å². The van der Waals surface area contributed by atoms with Crippen LogP contribution in [-0.4, -0.2) is 23.0 Å². The summed E-state index contributed by atoms with van der Waals surface area (Å²) in [5.41, 5.74) is 0. The van der Waals surface area contributed by atoms with Crippen LogP contribution in [-0.2, 0) is 22.5 Å². The fraction of sp³-hybridized carbons (Fsp3) is 1.00. The van der Waals surface area contributed by atoms with E-state index >= 15 is 0 Å². The Hall–Kier alpha value is 0.260. The van der Waals surface area contributed by atoms with E-state index < -0.39 is 15.6 Å². The average Bonchev–Trinajstić information content (AvgIpc) is 2.44. The molecule has 0 amide bonds. The predicted molar refractivity (Wildman–Crippen MR) is 90.2 cm³/mol. The van der Waals surface area contributed by atoms with Gasteiger partial charge in [0.25, 0.3) is 0 Å². The molecule has 0 heterocycles. The van der Waals surface area contributed by atoms with E-state index in [9.17, 15) is 9.13 Å². The highest BCUT2D eigenvalue weighted by molar-refractivity contribution is 7.61. The summed E-state index contributed by atoms with van der Waals surface area (Å²) < 4.78 is 37.5. The molecule has 0 aliphatic rings. The first-order chi connectivity index (χ1) is 10.8. The van der Waals surface area contributed by atoms with Crippen LogP contribution in [0.4, 0.5) is 0 Å². The lowest BCUT2D eigenvalue weighted by Gasteiger charge is -2.18. The normalized spacial score (nSPS) is 12.7. The topological polar surface area (TPSA) is 102 Å². The lowest BCUT2D eigenvalue weighted by molar-refractivity contribution is 0.136. The molecule has 0 fully saturated rings. The van der Waals surface area contributed by atoms with Crippen molar-refractivity contribution >= 4 is 15.6 Å². The molecule has 0 aromatic rings. The first-order valence-corrected chi connectivity index (χ1v) is 11.5. The quantitative estimate of drug-likeness (QED) is 0.283. The fourth-order valence-electron chi connectivity index (χ4n) is 1.98. The number of hydrogen-bond acceptors (Lipinski definition) is 5. The average molecular weight is 374 g/mol. The van der Waals surface area contributed by atoms with Gasteiger partial charge in [0, 0.05) is 0 Å². The molecular weight excluding hydrogens is 342 g/mol. The van der Waals surface area contributed by atoms with E-state index in [-0.39, 0.29) is 13.2 Å². The van der Waals surface area contributed by atoms with Crippen molar-refractivity contribution in [3.63, 3.8) is 0 Å². The summed E-state index contributed by atoms with van der Waals surface area (Å²) in [7, 11) is -9.15. The summed E-state index contributed by atoms with van der Waals surface area (Å²) in [6.45, 7) is 4.40. The molecule has 0 unspecified atom stereocenters. The zero-order valence-corrected chi connectivity index (χ0v) is 16.1. The maximum atomic E-state index is 12.2. The summed E-state index contributed by atoms with van der Waals surface area (Å²) in [6, 6.07) is 0. The third-order valence-corrected chi connectivity index (χ3v) is 5.85. The standard InChI is InChI=1S/C14H32O7P2/c1-3-5-7-9-11-13-19-23(18,21-22(15,16)17)20-14-12-10-8-6-4-2/h3-14H2,1-2H3,(H2,15,16,17). The van der Waals surface area contributed by atoms with E-state index in [1.807, 2.05) is 0 Å². The molecule has 0 aliphatic heterocycles. The summed E-state index contributed by atoms with van der Waals surface area (Å²) in [6.07, 6.45) is 9.65. The summed E-state index contributed by atoms with van der Waals surface area (Å²) >= 11 is 0. The van der Waals surface area contributed by atoms with Gasteiger partial charge in [0.1, 0.15) is 0 Å². The van der Waals surface area contributed by atoms with E-state index in [1.54, 1.807) is 0 Å². The van der Waals surface area contributed by atoms with E-state index in [0.29, 0.717) is 12.8 Å². The van der Waals surface area contributed by atoms with Crippen molar-refractivity contribution in [3.8, 4) is 0 Å². The molecule has 23 heavy (non-hydrogen) atoms. The van der Waals surface area contributed by atoms with Gasteiger partial charge in [-0.3, -0.25) is 9.05 Å². The van der Waals surface area contributed by atoms with Crippen molar-refractivity contribution in [2.24, 2.45) is 0 Å². The molecule has 0 aromatic heterocycles. The molecule has 9 heteroatoms. The van der Waals surface area contributed by atoms with E-state index in [2.05, 4.69) is 18.2 Å². The highest BCUT2D eigenvalue weighted by Crippen LogP contribution is 2.61. The minimum absolute atomic E-state index is 0.0941. The van der Waals surface area contributed by atoms with Crippen molar-refractivity contribution in [2.45, 2.75) is 78.1 Å². The Morgan fingerprint density at radius 1 is 0.696 bits per heavy atom. The molecule has 0 saturated carbocycles. The molecule has 0 aromatic carbocycles. The van der Waals surface area contributed by atoms with Gasteiger partial charge in [-0.1, -0.05) is 65.2 Å². The van der Waals surface area contributed by atoms with Crippen LogP contribution in [0.15, 0.2) is 0 Å². The monoisotopic (exact) mass is 374 g/mol. The second-order valence-corrected chi connectivity index (χ2v) is 8.56. The molecule has 0 aliphatic carbocycles. The Labute approximate surface area is 140 Å². The van der Waals surface area contributed by atoms with Gasteiger partial charge in [0.15, 0.2) is 0 Å². The van der Waals surface area contributed by atoms with E-state index in [1.165, 1.54) is 0 Å². The molecule has 7 nitrogen and oxygen atoms in total. The van der Waals surface area contributed by atoms with Gasteiger partial charge in [0.05, 0.1) is 13.2 Å². The predicted octanol–water partition coefficient (Wildman–Crippen LogP) is 5.18. The smallest absolute Gasteiger partial charge is 0.302 e. The van der Waals surface area contributed by atoms with Gasteiger partial charge in [-0.15, -0.1) is 0 Å². The second-order valence-electron chi connectivity index (χ2n) is 5.51. The van der Waals surface area contributed by atoms with Crippen LogP contribution in [0.2, 0.25) is 0 Å². The van der Waals surface area contributed by atoms with Crippen LogP contribution in [0.1, 0.15) is 78.1 Å². The molecule has 0 atom stereocenters. The number of unbranched alkanes of at least 4 members (excludes halogenated alkanes) is 8. The Morgan fingerprint density at radius 2 is 1.09 bits per heavy atom. The summed E-state index contributed by atoms with van der Waals surface area (Å²) in [5.74, 6) is 0. The number of phosphoric acid groups is 2. The Bertz CT molecular complexity index is 350. The maximum Gasteiger partial charge on any atom is 0.483 e. The zero-order chi connectivity index (χ0) is 17.6. The highest BCUT2D eigenvalue weighted by Gasteiger charge is 2.35. The van der Waals surface area contributed by atoms with Crippen molar-refractivity contribution in [1.29, 1.82) is 0 Å². The fourth-order valence-corrected chi connectivity index (χ4v) is 4.18. The summed E-state index contributed by atoms with van der Waals surface area (Å²) in [5, 5.41) is 0. The number of hydrogen-bond donors (Lipinski definition) is 2. The van der Waals surface area contributed by atoms with Gasteiger partial charge < -0.3 is 9.79 Å². The second kappa shape index (κ2) is 13.5. The Morgan fingerprint density at radius 3 is 1.43 bits per heavy atom. The molecule has 140 valence electrons. The highest BCUT2D eigenvalue weighted by atomic mass is 31.3. The van der Waals surface area contributed by atoms with E-state index in [0.717, 1.165) is 51.4 Å². The van der Waals surface area contributed by atoms with Crippen LogP contribution in [0.25, 0.3) is 0 Å². The minimum atomic E-state index is -4.93. The van der Waals surface area contributed by atoms with Crippen molar-refractivity contribution < 1.29 is 32.3 Å². The van der Waals surface area contributed by atoms with Crippen molar-refractivity contribution in [2.75, 3.05) is 13.2 Å². The third-order valence-electron chi connectivity index (χ3n) is 3.20. The Balaban J connectivity index is 4.15. The third kappa shape index (κ3) is 15.5. The van der Waals surface area contributed by atoms with Gasteiger partial charge in [-0.25, -0.2) is 9.13 Å². The maximum absolute atomic E-state index is 12.2. The van der Waals surface area contributed by atoms with Gasteiger partial charge >= 0.3 is 15.6 Å². The minimum Gasteiger partial charge on any atom is -0.302 e. The number of phosphoric ester groups is 1. The first kappa shape index (κ1) is 23.3. The Kier molecular flexibility index (Phi) is 13.7. The van der Waals surface area contributed by atoms with Gasteiger partial charge in [-0.2, -0.15) is 4.31 Å². The molecule has 0 saturated heterocycles. The lowest BCUT2D eigenvalue weighted by atomic mass is 10.2. The molecule has 0 spiro atoms. The molecule has 0 rings (SSSR count). The van der Waals surface area contributed by atoms with Crippen LogP contribution >= 0.6 is 15.6 Å². The van der Waals surface area contributed by atoms with Crippen molar-refractivity contribution in [1.82, 2.24) is 0 Å². The molecule has 0 bridgehead atoms.